The van der Waals surface area contributed by atoms with Crippen molar-refractivity contribution in [1.29, 1.82) is 0 Å². The molecule has 0 bridgehead atoms. The van der Waals surface area contributed by atoms with Gasteiger partial charge in [-0.25, -0.2) is 19.4 Å². The van der Waals surface area contributed by atoms with Gasteiger partial charge in [-0.15, -0.1) is 0 Å². The topological polar surface area (TPSA) is 83.0 Å². The van der Waals surface area contributed by atoms with Gasteiger partial charge in [-0.1, -0.05) is 24.3 Å². The van der Waals surface area contributed by atoms with Gasteiger partial charge in [0.05, 0.1) is 0 Å². The molecule has 8 heteroatoms. The van der Waals surface area contributed by atoms with Crippen LogP contribution in [0.2, 0.25) is 0 Å². The van der Waals surface area contributed by atoms with Gasteiger partial charge >= 0.3 is 12.1 Å². The Bertz CT molecular complexity index is 1150. The minimum atomic E-state index is -0.810. The Morgan fingerprint density at radius 3 is 2.57 bits per heavy atom. The zero-order valence-electron chi connectivity index (χ0n) is 20.1. The van der Waals surface area contributed by atoms with E-state index in [0.29, 0.717) is 37.6 Å². The molecule has 3 amide bonds. The quantitative estimate of drug-likeness (QED) is 0.648. The summed E-state index contributed by atoms with van der Waals surface area (Å²) >= 11 is 0. The second-order valence-electron chi connectivity index (χ2n) is 10.1. The number of ether oxygens (including phenoxy) is 1. The molecule has 2 aromatic rings. The Morgan fingerprint density at radius 2 is 1.91 bits per heavy atom. The molecule has 3 aliphatic rings. The number of carbonyl (C=O) groups excluding carboxylic acids is 2. The average molecular weight is 479 g/mol. The van der Waals surface area contributed by atoms with Gasteiger partial charge in [-0.05, 0) is 86.8 Å². The lowest BCUT2D eigenvalue weighted by Crippen LogP contribution is -2.52. The van der Waals surface area contributed by atoms with E-state index in [2.05, 4.69) is 28.0 Å². The largest absolute Gasteiger partial charge is 0.435 e. The van der Waals surface area contributed by atoms with E-state index in [1.54, 1.807) is 6.07 Å². The van der Waals surface area contributed by atoms with Crippen LogP contribution in [0.3, 0.4) is 0 Å². The van der Waals surface area contributed by atoms with Gasteiger partial charge in [0.15, 0.2) is 5.60 Å². The number of nitrogens with one attached hydrogen (secondary N) is 2. The zero-order valence-corrected chi connectivity index (χ0v) is 20.1. The number of carbonyl (C=O) groups is 2. The molecule has 0 saturated heterocycles. The van der Waals surface area contributed by atoms with Gasteiger partial charge in [-0.3, -0.25) is 0 Å². The maximum atomic E-state index is 13.7. The minimum Gasteiger partial charge on any atom is -0.435 e. The summed E-state index contributed by atoms with van der Waals surface area (Å²) in [5, 5.41) is 7.50. The average Bonchev–Trinajstić information content (AvgIpc) is 3.26. The molecule has 1 spiro atoms. The molecule has 0 unspecified atom stereocenters. The molecular weight excluding hydrogens is 447 g/mol. The number of benzene rings is 2. The van der Waals surface area contributed by atoms with Crippen molar-refractivity contribution in [2.24, 2.45) is 11.0 Å². The Kier molecular flexibility index (Phi) is 6.21. The lowest BCUT2D eigenvalue weighted by Gasteiger charge is -2.42. The molecule has 0 aromatic heterocycles. The number of hydrogen-bond donors (Lipinski definition) is 2. The number of hydrazone groups is 1. The van der Waals surface area contributed by atoms with Gasteiger partial charge in [0.2, 0.25) is 0 Å². The number of nitrogens with zero attached hydrogens (tertiary/aromatic N) is 2. The summed E-state index contributed by atoms with van der Waals surface area (Å²) in [5.41, 5.74) is 6.23. The molecule has 1 aliphatic carbocycles. The fourth-order valence-corrected chi connectivity index (χ4v) is 5.71. The van der Waals surface area contributed by atoms with E-state index in [1.165, 1.54) is 23.3 Å². The Hall–Kier alpha value is -3.42. The Balaban J connectivity index is 1.19. The lowest BCUT2D eigenvalue weighted by atomic mass is 9.72. The first-order valence-corrected chi connectivity index (χ1v) is 12.3. The molecule has 35 heavy (non-hydrogen) atoms. The normalized spacial score (nSPS) is 24.3. The van der Waals surface area contributed by atoms with Crippen molar-refractivity contribution in [3.63, 3.8) is 0 Å². The van der Waals surface area contributed by atoms with Crippen LogP contribution in [0, 0.1) is 18.7 Å². The predicted octanol–water partition coefficient (Wildman–Crippen LogP) is 5.01. The molecule has 184 valence electrons. The van der Waals surface area contributed by atoms with E-state index in [0.717, 1.165) is 30.4 Å². The van der Waals surface area contributed by atoms with Crippen LogP contribution in [0.5, 0.6) is 0 Å². The van der Waals surface area contributed by atoms with Gasteiger partial charge < -0.3 is 15.0 Å². The van der Waals surface area contributed by atoms with E-state index >= 15 is 0 Å². The van der Waals surface area contributed by atoms with Crippen molar-refractivity contribution in [3.05, 3.63) is 70.5 Å². The third kappa shape index (κ3) is 4.74. The number of amides is 3. The first-order valence-electron chi connectivity index (χ1n) is 12.3. The van der Waals surface area contributed by atoms with Crippen LogP contribution < -0.4 is 10.7 Å². The molecule has 2 aromatic carbocycles. The molecule has 0 radical (unpaired) electrons. The van der Waals surface area contributed by atoms with Crippen LogP contribution in [0.1, 0.15) is 61.3 Å². The highest BCUT2D eigenvalue weighted by Gasteiger charge is 2.46. The molecule has 1 atom stereocenters. The highest BCUT2D eigenvalue weighted by Crippen LogP contribution is 2.41. The SMILES string of the molecule is Cc1cc(F)ccc1C1=NNC(=O)OC12CCC(C[C@H](C)NC(=O)N1Cc3ccccc3C1)CC2. The summed E-state index contributed by atoms with van der Waals surface area (Å²) in [6.07, 6.45) is 3.28. The van der Waals surface area contributed by atoms with Gasteiger partial charge in [-0.2, -0.15) is 5.10 Å². The summed E-state index contributed by atoms with van der Waals surface area (Å²) < 4.78 is 19.5. The van der Waals surface area contributed by atoms with Crippen LogP contribution in [0.4, 0.5) is 14.0 Å². The number of urea groups is 1. The first-order chi connectivity index (χ1) is 16.8. The summed E-state index contributed by atoms with van der Waals surface area (Å²) in [5.74, 6) is 0.0927. The molecule has 2 N–H and O–H groups in total. The molecule has 2 heterocycles. The van der Waals surface area contributed by atoms with E-state index < -0.39 is 11.7 Å². The maximum absolute atomic E-state index is 13.7. The standard InChI is InChI=1S/C27H31FN4O3/c1-17-13-22(28)7-8-23(17)24-27(35-26(34)31-30-24)11-9-19(10-12-27)14-18(2)29-25(33)32-15-20-5-3-4-6-21(20)16-32/h3-8,13,18-19H,9-12,14-16H2,1-2H3,(H,29,33)(H,31,34)/t18-,19?,27?/m0/s1. The summed E-state index contributed by atoms with van der Waals surface area (Å²) in [6, 6.07) is 12.7. The second-order valence-corrected chi connectivity index (χ2v) is 10.1. The fraction of sp³-hybridized carbons (Fsp3) is 0.444. The zero-order chi connectivity index (χ0) is 24.6. The summed E-state index contributed by atoms with van der Waals surface area (Å²) in [7, 11) is 0. The molecule has 1 saturated carbocycles. The molecular formula is C27H31FN4O3. The van der Waals surface area contributed by atoms with Crippen LogP contribution in [-0.4, -0.2) is 34.4 Å². The van der Waals surface area contributed by atoms with Crippen LogP contribution >= 0.6 is 0 Å². The molecule has 2 aliphatic heterocycles. The number of rotatable bonds is 4. The Labute approximate surface area is 204 Å². The van der Waals surface area contributed by atoms with Crippen molar-refractivity contribution < 1.29 is 18.7 Å². The van der Waals surface area contributed by atoms with Crippen molar-refractivity contribution >= 4 is 17.8 Å². The second kappa shape index (κ2) is 9.32. The predicted molar refractivity (Wildman–Crippen MR) is 130 cm³/mol. The third-order valence-corrected chi connectivity index (χ3v) is 7.52. The van der Waals surface area contributed by atoms with Gasteiger partial charge in [0.1, 0.15) is 11.5 Å². The van der Waals surface area contributed by atoms with Crippen LogP contribution in [-0.2, 0) is 17.8 Å². The smallest absolute Gasteiger partial charge is 0.428 e. The number of halogens is 1. The number of fused-ring (bicyclic) bond motifs is 1. The van der Waals surface area contributed by atoms with Gasteiger partial charge in [0, 0.05) is 24.7 Å². The highest BCUT2D eigenvalue weighted by atomic mass is 19.1. The van der Waals surface area contributed by atoms with Gasteiger partial charge in [0.25, 0.3) is 0 Å². The number of hydrogen-bond acceptors (Lipinski definition) is 4. The third-order valence-electron chi connectivity index (χ3n) is 7.52. The maximum Gasteiger partial charge on any atom is 0.428 e. The monoisotopic (exact) mass is 478 g/mol. The summed E-state index contributed by atoms with van der Waals surface area (Å²) in [6.45, 7) is 5.17. The molecule has 7 nitrogen and oxygen atoms in total. The van der Waals surface area contributed by atoms with Crippen LogP contribution in [0.25, 0.3) is 0 Å². The van der Waals surface area contributed by atoms with E-state index in [4.69, 9.17) is 4.74 Å². The van der Waals surface area contributed by atoms with Crippen LogP contribution in [0.15, 0.2) is 47.6 Å². The van der Waals surface area contributed by atoms with E-state index in [9.17, 15) is 14.0 Å². The minimum absolute atomic E-state index is 0.0329. The lowest BCUT2D eigenvalue weighted by molar-refractivity contribution is 0.0155. The summed E-state index contributed by atoms with van der Waals surface area (Å²) in [4.78, 5) is 26.7. The number of aryl methyl sites for hydroxylation is 1. The Morgan fingerprint density at radius 1 is 1.23 bits per heavy atom. The molecule has 5 rings (SSSR count). The van der Waals surface area contributed by atoms with E-state index in [1.807, 2.05) is 30.9 Å². The van der Waals surface area contributed by atoms with Crippen molar-refractivity contribution in [1.82, 2.24) is 15.6 Å². The molecule has 1 fully saturated rings. The highest BCUT2D eigenvalue weighted by molar-refractivity contribution is 6.09. The fourth-order valence-electron chi connectivity index (χ4n) is 5.71. The first kappa shape index (κ1) is 23.3. The van der Waals surface area contributed by atoms with Crippen molar-refractivity contribution in [2.45, 2.75) is 70.7 Å². The van der Waals surface area contributed by atoms with Crippen molar-refractivity contribution in [3.8, 4) is 0 Å². The van der Waals surface area contributed by atoms with Crippen molar-refractivity contribution in [2.75, 3.05) is 0 Å². The van der Waals surface area contributed by atoms with E-state index in [-0.39, 0.29) is 17.9 Å².